The molecule has 38 heavy (non-hydrogen) atoms. The molecule has 1 amide bonds. The van der Waals surface area contributed by atoms with Crippen LogP contribution in [0.3, 0.4) is 0 Å². The van der Waals surface area contributed by atoms with Gasteiger partial charge in [0.1, 0.15) is 11.6 Å². The molecule has 0 aromatic heterocycles. The Kier molecular flexibility index (Phi) is 7.99. The third kappa shape index (κ3) is 7.26. The van der Waals surface area contributed by atoms with Crippen molar-refractivity contribution in [1.29, 1.82) is 0 Å². The zero-order chi connectivity index (χ0) is 27.5. The molecule has 0 N–H and O–H groups in total. The number of nitrogens with zero attached hydrogens (tertiary/aromatic N) is 1. The standard InChI is InChI=1S/C28H24F7NO2/c29-24-15-22(14-23(16-24)27(30,31)32)26(37)36(17-19-7-9-21(10-8-19)20-4-2-5-20)12-11-18-3-1-6-25(13-18)38-28(33,34)35/h1,3,6-10,13-16,20H,2,4-5,11-12,17H2. The Morgan fingerprint density at radius 3 is 2.21 bits per heavy atom. The first-order valence-electron chi connectivity index (χ1n) is 12.0. The number of halogens is 7. The van der Waals surface area contributed by atoms with Crippen LogP contribution in [0.2, 0.25) is 0 Å². The highest BCUT2D eigenvalue weighted by atomic mass is 19.4. The lowest BCUT2D eigenvalue weighted by Gasteiger charge is -2.27. The Hall–Kier alpha value is -3.56. The van der Waals surface area contributed by atoms with Crippen molar-refractivity contribution in [3.8, 4) is 5.75 Å². The van der Waals surface area contributed by atoms with E-state index >= 15 is 0 Å². The zero-order valence-electron chi connectivity index (χ0n) is 20.1. The van der Waals surface area contributed by atoms with Crippen molar-refractivity contribution in [2.24, 2.45) is 0 Å². The second kappa shape index (κ2) is 11.0. The van der Waals surface area contributed by atoms with E-state index < -0.39 is 41.1 Å². The molecule has 1 aliphatic carbocycles. The summed E-state index contributed by atoms with van der Waals surface area (Å²) in [6.07, 6.45) is -6.28. The third-order valence-electron chi connectivity index (χ3n) is 6.49. The number of hydrogen-bond acceptors (Lipinski definition) is 2. The number of carbonyl (C=O) groups excluding carboxylic acids is 1. The van der Waals surface area contributed by atoms with Gasteiger partial charge in [0.2, 0.25) is 0 Å². The fraction of sp³-hybridized carbons (Fsp3) is 0.321. The van der Waals surface area contributed by atoms with Crippen molar-refractivity contribution >= 4 is 5.91 Å². The normalized spacial score (nSPS) is 14.2. The topological polar surface area (TPSA) is 29.5 Å². The number of carbonyl (C=O) groups is 1. The maximum Gasteiger partial charge on any atom is 0.573 e. The van der Waals surface area contributed by atoms with Gasteiger partial charge in [0.15, 0.2) is 0 Å². The quantitative estimate of drug-likeness (QED) is 0.273. The Bertz CT molecular complexity index is 1270. The third-order valence-corrected chi connectivity index (χ3v) is 6.49. The van der Waals surface area contributed by atoms with Crippen LogP contribution in [-0.2, 0) is 19.1 Å². The number of amides is 1. The van der Waals surface area contributed by atoms with Gasteiger partial charge in [0, 0.05) is 18.7 Å². The summed E-state index contributed by atoms with van der Waals surface area (Å²) in [7, 11) is 0. The summed E-state index contributed by atoms with van der Waals surface area (Å²) in [4.78, 5) is 14.6. The van der Waals surface area contributed by atoms with Crippen LogP contribution >= 0.6 is 0 Å². The second-order valence-corrected chi connectivity index (χ2v) is 9.27. The lowest BCUT2D eigenvalue weighted by atomic mass is 9.80. The summed E-state index contributed by atoms with van der Waals surface area (Å²) in [6.45, 7) is -0.0308. The molecule has 0 spiro atoms. The zero-order valence-corrected chi connectivity index (χ0v) is 20.1. The van der Waals surface area contributed by atoms with Gasteiger partial charge in [-0.2, -0.15) is 13.2 Å². The van der Waals surface area contributed by atoms with Gasteiger partial charge >= 0.3 is 12.5 Å². The number of benzene rings is 3. The average molecular weight is 539 g/mol. The van der Waals surface area contributed by atoms with Gasteiger partial charge in [-0.25, -0.2) is 4.39 Å². The predicted octanol–water partition coefficient (Wildman–Crippen LogP) is 7.90. The molecule has 3 aromatic carbocycles. The molecule has 0 bridgehead atoms. The van der Waals surface area contributed by atoms with Crippen molar-refractivity contribution in [1.82, 2.24) is 4.90 Å². The number of ether oxygens (including phenoxy) is 1. The van der Waals surface area contributed by atoms with Gasteiger partial charge in [-0.3, -0.25) is 4.79 Å². The Balaban J connectivity index is 1.57. The average Bonchev–Trinajstić information content (AvgIpc) is 2.79. The number of hydrogen-bond donors (Lipinski definition) is 0. The van der Waals surface area contributed by atoms with Crippen molar-refractivity contribution in [2.45, 2.75) is 50.7 Å². The predicted molar refractivity (Wildman–Crippen MR) is 126 cm³/mol. The van der Waals surface area contributed by atoms with Gasteiger partial charge in [-0.05, 0) is 72.2 Å². The van der Waals surface area contributed by atoms with E-state index in [-0.39, 0.29) is 19.5 Å². The van der Waals surface area contributed by atoms with Crippen LogP contribution in [-0.4, -0.2) is 23.7 Å². The maximum absolute atomic E-state index is 14.0. The Morgan fingerprint density at radius 1 is 0.895 bits per heavy atom. The fourth-order valence-electron chi connectivity index (χ4n) is 4.33. The largest absolute Gasteiger partial charge is 0.573 e. The van der Waals surface area contributed by atoms with Gasteiger partial charge in [-0.1, -0.05) is 42.8 Å². The molecule has 0 radical (unpaired) electrons. The van der Waals surface area contributed by atoms with E-state index in [1.54, 1.807) is 6.07 Å². The molecule has 0 saturated heterocycles. The molecule has 3 aromatic rings. The molecule has 3 nitrogen and oxygen atoms in total. The molecule has 0 aliphatic heterocycles. The van der Waals surface area contributed by atoms with Crippen molar-refractivity contribution in [3.05, 3.63) is 100 Å². The summed E-state index contributed by atoms with van der Waals surface area (Å²) in [5, 5.41) is 0. The van der Waals surface area contributed by atoms with Crippen LogP contribution in [0.1, 0.15) is 57.8 Å². The molecule has 4 rings (SSSR count). The summed E-state index contributed by atoms with van der Waals surface area (Å²) < 4.78 is 95.4. The summed E-state index contributed by atoms with van der Waals surface area (Å²) >= 11 is 0. The number of alkyl halides is 6. The van der Waals surface area contributed by atoms with E-state index in [4.69, 9.17) is 0 Å². The van der Waals surface area contributed by atoms with Crippen LogP contribution in [0.15, 0.2) is 66.7 Å². The van der Waals surface area contributed by atoms with Crippen LogP contribution in [0.25, 0.3) is 0 Å². The molecule has 1 saturated carbocycles. The molecule has 10 heteroatoms. The monoisotopic (exact) mass is 539 g/mol. The van der Waals surface area contributed by atoms with Crippen molar-refractivity contribution < 1.29 is 40.3 Å². The summed E-state index contributed by atoms with van der Waals surface area (Å²) in [5.41, 5.74) is 0.530. The summed E-state index contributed by atoms with van der Waals surface area (Å²) in [6, 6.07) is 14.4. The van der Waals surface area contributed by atoms with Gasteiger partial charge in [0.25, 0.3) is 5.91 Å². The highest BCUT2D eigenvalue weighted by molar-refractivity contribution is 5.94. The van der Waals surface area contributed by atoms with Crippen LogP contribution in [0.4, 0.5) is 30.7 Å². The van der Waals surface area contributed by atoms with Gasteiger partial charge in [0.05, 0.1) is 5.56 Å². The highest BCUT2D eigenvalue weighted by Crippen LogP contribution is 2.36. The first kappa shape index (κ1) is 27.5. The SMILES string of the molecule is O=C(c1cc(F)cc(C(F)(F)F)c1)N(CCc1cccc(OC(F)(F)F)c1)Cc1ccc(C2CCC2)cc1. The fourth-order valence-corrected chi connectivity index (χ4v) is 4.33. The smallest absolute Gasteiger partial charge is 0.406 e. The van der Waals surface area contributed by atoms with E-state index in [0.717, 1.165) is 31.4 Å². The van der Waals surface area contributed by atoms with E-state index in [9.17, 15) is 35.5 Å². The minimum absolute atomic E-state index is 0.0143. The second-order valence-electron chi connectivity index (χ2n) is 9.27. The molecular weight excluding hydrogens is 515 g/mol. The molecule has 1 aliphatic rings. The minimum atomic E-state index is -4.88. The lowest BCUT2D eigenvalue weighted by molar-refractivity contribution is -0.274. The van der Waals surface area contributed by atoms with Crippen molar-refractivity contribution in [2.75, 3.05) is 6.54 Å². The van der Waals surface area contributed by atoms with Gasteiger partial charge in [-0.15, -0.1) is 13.2 Å². The first-order chi connectivity index (χ1) is 17.9. The molecule has 0 atom stereocenters. The maximum atomic E-state index is 14.0. The minimum Gasteiger partial charge on any atom is -0.406 e. The van der Waals surface area contributed by atoms with Crippen LogP contribution in [0, 0.1) is 5.82 Å². The van der Waals surface area contributed by atoms with E-state index in [1.165, 1.54) is 22.6 Å². The van der Waals surface area contributed by atoms with Crippen LogP contribution < -0.4 is 4.74 Å². The molecular formula is C28H24F7NO2. The number of rotatable bonds is 8. The lowest BCUT2D eigenvalue weighted by Crippen LogP contribution is -2.33. The Morgan fingerprint density at radius 2 is 1.61 bits per heavy atom. The van der Waals surface area contributed by atoms with Crippen LogP contribution in [0.5, 0.6) is 5.75 Å². The van der Waals surface area contributed by atoms with Gasteiger partial charge < -0.3 is 9.64 Å². The van der Waals surface area contributed by atoms with E-state index in [2.05, 4.69) is 4.74 Å². The molecule has 0 heterocycles. The molecule has 1 fully saturated rings. The Labute approximate surface area is 214 Å². The van der Waals surface area contributed by atoms with E-state index in [1.807, 2.05) is 24.3 Å². The van der Waals surface area contributed by atoms with Crippen molar-refractivity contribution in [3.63, 3.8) is 0 Å². The van der Waals surface area contributed by atoms with E-state index in [0.29, 0.717) is 29.2 Å². The molecule has 0 unspecified atom stereocenters. The summed E-state index contributed by atoms with van der Waals surface area (Å²) in [5.74, 6) is -1.98. The molecule has 202 valence electrons. The first-order valence-corrected chi connectivity index (χ1v) is 12.0. The highest BCUT2D eigenvalue weighted by Gasteiger charge is 2.33.